The number of hydrogen-bond acceptors (Lipinski definition) is 5. The van der Waals surface area contributed by atoms with Crippen molar-refractivity contribution in [2.75, 3.05) is 13.2 Å². The molecule has 0 aliphatic rings. The minimum absolute atomic E-state index is 0.0878. The molecule has 1 aromatic heterocycles. The number of hydrogen-bond donors (Lipinski definition) is 2. The molecule has 0 saturated carbocycles. The Kier molecular flexibility index (Phi) is 3.69. The van der Waals surface area contributed by atoms with E-state index in [1.165, 1.54) is 0 Å². The summed E-state index contributed by atoms with van der Waals surface area (Å²) in [6, 6.07) is 6.90. The number of benzene rings is 1. The fraction of sp³-hybridized carbons (Fsp3) is 0.250. The van der Waals surface area contributed by atoms with E-state index < -0.39 is 0 Å². The summed E-state index contributed by atoms with van der Waals surface area (Å²) in [6.07, 6.45) is 0. The van der Waals surface area contributed by atoms with Crippen molar-refractivity contribution in [2.45, 2.75) is 6.92 Å². The molecule has 6 nitrogen and oxygen atoms in total. The standard InChI is InChI=1S/C12H13N3O3/c1-8-14-11(15-18-8)9-3-2-4-10(7-9)12(17)13-5-6-16/h2-4,7,16H,5-6H2,1H3,(H,13,17). The van der Waals surface area contributed by atoms with E-state index in [2.05, 4.69) is 15.5 Å². The van der Waals surface area contributed by atoms with E-state index in [9.17, 15) is 4.79 Å². The number of aromatic nitrogens is 2. The monoisotopic (exact) mass is 247 g/mol. The Hall–Kier alpha value is -2.21. The van der Waals surface area contributed by atoms with Crippen LogP contribution in [0.4, 0.5) is 0 Å². The average molecular weight is 247 g/mol. The van der Waals surface area contributed by atoms with Crippen molar-refractivity contribution in [1.29, 1.82) is 0 Å². The van der Waals surface area contributed by atoms with E-state index in [1.807, 2.05) is 0 Å². The lowest BCUT2D eigenvalue weighted by Gasteiger charge is -2.03. The molecule has 94 valence electrons. The Balaban J connectivity index is 2.22. The van der Waals surface area contributed by atoms with Crippen LogP contribution in [-0.2, 0) is 0 Å². The molecule has 2 N–H and O–H groups in total. The molecule has 1 heterocycles. The second-order valence-electron chi connectivity index (χ2n) is 3.70. The zero-order chi connectivity index (χ0) is 13.0. The maximum absolute atomic E-state index is 11.7. The van der Waals surface area contributed by atoms with Gasteiger partial charge >= 0.3 is 0 Å². The van der Waals surface area contributed by atoms with Gasteiger partial charge in [0.25, 0.3) is 5.91 Å². The summed E-state index contributed by atoms with van der Waals surface area (Å²) in [6.45, 7) is 1.84. The molecule has 6 heteroatoms. The smallest absolute Gasteiger partial charge is 0.251 e. The summed E-state index contributed by atoms with van der Waals surface area (Å²) >= 11 is 0. The molecule has 2 aromatic rings. The van der Waals surface area contributed by atoms with E-state index in [1.54, 1.807) is 31.2 Å². The van der Waals surface area contributed by atoms with E-state index in [-0.39, 0.29) is 19.1 Å². The largest absolute Gasteiger partial charge is 0.395 e. The van der Waals surface area contributed by atoms with Gasteiger partial charge in [-0.05, 0) is 12.1 Å². The van der Waals surface area contributed by atoms with Crippen molar-refractivity contribution in [1.82, 2.24) is 15.5 Å². The first-order chi connectivity index (χ1) is 8.70. The van der Waals surface area contributed by atoms with Crippen LogP contribution in [0.2, 0.25) is 0 Å². The normalized spacial score (nSPS) is 10.3. The third kappa shape index (κ3) is 2.72. The molecule has 0 atom stereocenters. The molecule has 0 bridgehead atoms. The first kappa shape index (κ1) is 12.3. The molecule has 2 rings (SSSR count). The molecule has 1 aromatic carbocycles. The quantitative estimate of drug-likeness (QED) is 0.833. The lowest BCUT2D eigenvalue weighted by Crippen LogP contribution is -2.26. The highest BCUT2D eigenvalue weighted by molar-refractivity contribution is 5.95. The minimum atomic E-state index is -0.244. The van der Waals surface area contributed by atoms with Crippen molar-refractivity contribution >= 4 is 5.91 Å². The second-order valence-corrected chi connectivity index (χ2v) is 3.70. The van der Waals surface area contributed by atoms with Crippen molar-refractivity contribution < 1.29 is 14.4 Å². The van der Waals surface area contributed by atoms with Gasteiger partial charge in [0.15, 0.2) is 0 Å². The number of nitrogens with one attached hydrogen (secondary N) is 1. The highest BCUT2D eigenvalue weighted by Gasteiger charge is 2.09. The Labute approximate surface area is 104 Å². The van der Waals surface area contributed by atoms with Crippen LogP contribution in [0.1, 0.15) is 16.2 Å². The van der Waals surface area contributed by atoms with Crippen LogP contribution < -0.4 is 5.32 Å². The van der Waals surface area contributed by atoms with Gasteiger partial charge < -0.3 is 14.9 Å². The number of aryl methyl sites for hydroxylation is 1. The Morgan fingerprint density at radius 2 is 2.33 bits per heavy atom. The van der Waals surface area contributed by atoms with Gasteiger partial charge in [-0.3, -0.25) is 4.79 Å². The van der Waals surface area contributed by atoms with Crippen LogP contribution in [0, 0.1) is 6.92 Å². The number of aliphatic hydroxyl groups excluding tert-OH is 1. The summed E-state index contributed by atoms with van der Waals surface area (Å²) in [5.41, 5.74) is 1.20. The van der Waals surface area contributed by atoms with E-state index in [0.717, 1.165) is 0 Å². The molecule has 0 unspecified atom stereocenters. The number of aliphatic hydroxyl groups is 1. The minimum Gasteiger partial charge on any atom is -0.395 e. The Morgan fingerprint density at radius 1 is 1.50 bits per heavy atom. The van der Waals surface area contributed by atoms with Crippen molar-refractivity contribution in [3.8, 4) is 11.4 Å². The fourth-order valence-corrected chi connectivity index (χ4v) is 1.49. The third-order valence-electron chi connectivity index (χ3n) is 2.31. The highest BCUT2D eigenvalue weighted by atomic mass is 16.5. The number of nitrogens with zero attached hydrogens (tertiary/aromatic N) is 2. The topological polar surface area (TPSA) is 88.2 Å². The van der Waals surface area contributed by atoms with Gasteiger partial charge in [0.05, 0.1) is 6.61 Å². The number of amides is 1. The van der Waals surface area contributed by atoms with E-state index in [4.69, 9.17) is 9.63 Å². The maximum Gasteiger partial charge on any atom is 0.251 e. The summed E-state index contributed by atoms with van der Waals surface area (Å²) in [4.78, 5) is 15.8. The van der Waals surface area contributed by atoms with Crippen LogP contribution in [0.15, 0.2) is 28.8 Å². The first-order valence-corrected chi connectivity index (χ1v) is 5.50. The molecule has 0 radical (unpaired) electrons. The van der Waals surface area contributed by atoms with Gasteiger partial charge in [-0.1, -0.05) is 17.3 Å². The van der Waals surface area contributed by atoms with Gasteiger partial charge in [0, 0.05) is 24.6 Å². The van der Waals surface area contributed by atoms with Gasteiger partial charge in [-0.15, -0.1) is 0 Å². The molecule has 1 amide bonds. The molecular weight excluding hydrogens is 234 g/mol. The van der Waals surface area contributed by atoms with Crippen molar-refractivity contribution in [3.05, 3.63) is 35.7 Å². The zero-order valence-electron chi connectivity index (χ0n) is 9.88. The van der Waals surface area contributed by atoms with E-state index >= 15 is 0 Å². The molecule has 0 aliphatic carbocycles. The van der Waals surface area contributed by atoms with Crippen LogP contribution in [0.5, 0.6) is 0 Å². The summed E-state index contributed by atoms with van der Waals surface area (Å²) < 4.78 is 4.89. The van der Waals surface area contributed by atoms with Gasteiger partial charge in [0.2, 0.25) is 11.7 Å². The molecule has 0 spiro atoms. The molecule has 0 fully saturated rings. The molecule has 0 saturated heterocycles. The zero-order valence-corrected chi connectivity index (χ0v) is 9.88. The number of carbonyl (C=O) groups excluding carboxylic acids is 1. The van der Waals surface area contributed by atoms with Crippen LogP contribution in [0.3, 0.4) is 0 Å². The number of carbonyl (C=O) groups is 1. The predicted octanol–water partition coefficient (Wildman–Crippen LogP) is 0.767. The van der Waals surface area contributed by atoms with Crippen LogP contribution >= 0.6 is 0 Å². The second kappa shape index (κ2) is 5.42. The fourth-order valence-electron chi connectivity index (χ4n) is 1.49. The third-order valence-corrected chi connectivity index (χ3v) is 2.31. The van der Waals surface area contributed by atoms with Gasteiger partial charge in [0.1, 0.15) is 0 Å². The van der Waals surface area contributed by atoms with Crippen LogP contribution in [0.25, 0.3) is 11.4 Å². The lowest BCUT2D eigenvalue weighted by atomic mass is 10.1. The van der Waals surface area contributed by atoms with Gasteiger partial charge in [-0.25, -0.2) is 0 Å². The number of rotatable bonds is 4. The maximum atomic E-state index is 11.7. The predicted molar refractivity (Wildman–Crippen MR) is 63.9 cm³/mol. The van der Waals surface area contributed by atoms with Crippen molar-refractivity contribution in [2.24, 2.45) is 0 Å². The first-order valence-electron chi connectivity index (χ1n) is 5.50. The average Bonchev–Trinajstić information content (AvgIpc) is 2.83. The summed E-state index contributed by atoms with van der Waals surface area (Å²) in [5, 5.41) is 15.0. The molecular formula is C12H13N3O3. The lowest BCUT2D eigenvalue weighted by molar-refractivity contribution is 0.0945. The SMILES string of the molecule is Cc1nc(-c2cccc(C(=O)NCCO)c2)no1. The summed E-state index contributed by atoms with van der Waals surface area (Å²) in [7, 11) is 0. The Bertz CT molecular complexity index is 551. The summed E-state index contributed by atoms with van der Waals surface area (Å²) in [5.74, 6) is 0.676. The van der Waals surface area contributed by atoms with Crippen LogP contribution in [-0.4, -0.2) is 34.3 Å². The van der Waals surface area contributed by atoms with Crippen molar-refractivity contribution in [3.63, 3.8) is 0 Å². The Morgan fingerprint density at radius 3 is 3.00 bits per heavy atom. The highest BCUT2D eigenvalue weighted by Crippen LogP contribution is 2.17. The molecule has 18 heavy (non-hydrogen) atoms. The van der Waals surface area contributed by atoms with Gasteiger partial charge in [-0.2, -0.15) is 4.98 Å². The van der Waals surface area contributed by atoms with E-state index in [0.29, 0.717) is 22.8 Å². The molecule has 0 aliphatic heterocycles.